The minimum absolute atomic E-state index is 0.0715. The number of pyridine rings is 1. The summed E-state index contributed by atoms with van der Waals surface area (Å²) >= 11 is 0. The number of carbonyl (C=O) groups is 1. The van der Waals surface area contributed by atoms with Crippen LogP contribution in [0.4, 0.5) is 34.5 Å². The summed E-state index contributed by atoms with van der Waals surface area (Å²) in [7, 11) is 0. The zero-order valence-corrected chi connectivity index (χ0v) is 16.3. The van der Waals surface area contributed by atoms with Crippen molar-refractivity contribution in [3.05, 3.63) is 54.4 Å². The molecule has 4 rings (SSSR count). The Balaban J connectivity index is 1.70. The van der Waals surface area contributed by atoms with E-state index in [2.05, 4.69) is 31.0 Å². The van der Waals surface area contributed by atoms with Gasteiger partial charge in [0.05, 0.1) is 18.1 Å². The van der Waals surface area contributed by atoms with Crippen LogP contribution in [0.1, 0.15) is 12.5 Å². The van der Waals surface area contributed by atoms with Gasteiger partial charge in [-0.05, 0) is 36.8 Å². The number of nitrogens with two attached hydrogens (primary N) is 1. The van der Waals surface area contributed by atoms with Crippen molar-refractivity contribution in [2.45, 2.75) is 13.8 Å². The first kappa shape index (κ1) is 19.0. The van der Waals surface area contributed by atoms with Crippen molar-refractivity contribution in [1.82, 2.24) is 19.6 Å². The zero-order valence-electron chi connectivity index (χ0n) is 16.3. The maximum Gasteiger partial charge on any atom is 0.221 e. The summed E-state index contributed by atoms with van der Waals surface area (Å²) < 4.78 is 1.51. The molecule has 0 aliphatic heterocycles. The number of carbonyl (C=O) groups excluding carboxylic acids is 1. The molecule has 152 valence electrons. The van der Waals surface area contributed by atoms with Gasteiger partial charge in [-0.15, -0.1) is 5.10 Å². The Morgan fingerprint density at radius 3 is 2.60 bits per heavy atom. The fourth-order valence-electron chi connectivity index (χ4n) is 2.91. The molecule has 0 fully saturated rings. The quantitative estimate of drug-likeness (QED) is 0.341. The van der Waals surface area contributed by atoms with Gasteiger partial charge >= 0.3 is 0 Å². The third-order valence-electron chi connectivity index (χ3n) is 4.33. The number of anilines is 6. The molecule has 0 spiro atoms. The largest absolute Gasteiger partial charge is 0.506 e. The van der Waals surface area contributed by atoms with Crippen molar-refractivity contribution in [3.63, 3.8) is 0 Å². The Hall–Kier alpha value is -4.34. The van der Waals surface area contributed by atoms with E-state index in [0.717, 1.165) is 11.3 Å². The summed E-state index contributed by atoms with van der Waals surface area (Å²) in [6.45, 7) is 3.38. The highest BCUT2D eigenvalue weighted by Crippen LogP contribution is 2.28. The Morgan fingerprint density at radius 1 is 1.03 bits per heavy atom. The normalized spacial score (nSPS) is 10.7. The summed E-state index contributed by atoms with van der Waals surface area (Å²) in [5.74, 6) is 1.33. The summed E-state index contributed by atoms with van der Waals surface area (Å²) in [5, 5.41) is 23.1. The number of aromatic hydroxyl groups is 1. The minimum atomic E-state index is -0.145. The second-order valence-corrected chi connectivity index (χ2v) is 6.72. The van der Waals surface area contributed by atoms with E-state index < -0.39 is 0 Å². The van der Waals surface area contributed by atoms with Crippen LogP contribution in [-0.2, 0) is 4.79 Å². The van der Waals surface area contributed by atoms with Gasteiger partial charge in [-0.25, -0.2) is 9.97 Å². The summed E-state index contributed by atoms with van der Waals surface area (Å²) in [5.41, 5.74) is 9.54. The third kappa shape index (κ3) is 3.92. The van der Waals surface area contributed by atoms with E-state index in [1.54, 1.807) is 12.1 Å². The number of imidazole rings is 1. The van der Waals surface area contributed by atoms with Crippen molar-refractivity contribution in [2.75, 3.05) is 21.7 Å². The maximum absolute atomic E-state index is 11.4. The van der Waals surface area contributed by atoms with E-state index in [4.69, 9.17) is 5.73 Å². The van der Waals surface area contributed by atoms with E-state index in [0.29, 0.717) is 34.5 Å². The van der Waals surface area contributed by atoms with Crippen molar-refractivity contribution in [1.29, 1.82) is 0 Å². The van der Waals surface area contributed by atoms with Crippen LogP contribution in [-0.4, -0.2) is 30.6 Å². The Bertz CT molecular complexity index is 1230. The molecular formula is C20H20N8O2. The molecule has 0 saturated heterocycles. The lowest BCUT2D eigenvalue weighted by Gasteiger charge is -2.13. The molecule has 0 aliphatic rings. The van der Waals surface area contributed by atoms with Gasteiger partial charge in [-0.1, -0.05) is 6.07 Å². The average Bonchev–Trinajstić information content (AvgIpc) is 3.07. The van der Waals surface area contributed by atoms with Crippen molar-refractivity contribution in [3.8, 4) is 5.75 Å². The van der Waals surface area contributed by atoms with Gasteiger partial charge in [0.2, 0.25) is 5.91 Å². The van der Waals surface area contributed by atoms with Crippen LogP contribution in [0.3, 0.4) is 0 Å². The standard InChI is InChI=1S/C20H20N8O2/c1-11-3-4-13(7-15(11)24-12(2)29)25-19-8-16(20-23-10-17(21)28(20)27-19)26-18-6-5-14(30)9-22-18/h3-10,30H,21H2,1-2H3,(H,22,26)(H,24,29)(H,25,27). The first-order valence-electron chi connectivity index (χ1n) is 9.10. The van der Waals surface area contributed by atoms with Gasteiger partial charge < -0.3 is 26.8 Å². The maximum atomic E-state index is 11.4. The molecule has 1 amide bonds. The number of benzene rings is 1. The second kappa shape index (κ2) is 7.59. The lowest BCUT2D eigenvalue weighted by atomic mass is 10.1. The van der Waals surface area contributed by atoms with Gasteiger partial charge in [0.25, 0.3) is 0 Å². The first-order chi connectivity index (χ1) is 14.4. The molecule has 0 bridgehead atoms. The highest BCUT2D eigenvalue weighted by Gasteiger charge is 2.12. The Labute approximate surface area is 171 Å². The molecule has 0 aliphatic carbocycles. The smallest absolute Gasteiger partial charge is 0.221 e. The number of rotatable bonds is 5. The van der Waals surface area contributed by atoms with Crippen molar-refractivity contribution < 1.29 is 9.90 Å². The van der Waals surface area contributed by atoms with Crippen LogP contribution in [0.5, 0.6) is 5.75 Å². The van der Waals surface area contributed by atoms with E-state index in [9.17, 15) is 9.90 Å². The highest BCUT2D eigenvalue weighted by atomic mass is 16.3. The summed E-state index contributed by atoms with van der Waals surface area (Å²) in [6.07, 6.45) is 2.86. The topological polar surface area (TPSA) is 142 Å². The molecule has 3 aromatic heterocycles. The van der Waals surface area contributed by atoms with Gasteiger partial charge in [-0.2, -0.15) is 4.52 Å². The monoisotopic (exact) mass is 404 g/mol. The molecule has 0 saturated carbocycles. The number of hydrogen-bond acceptors (Lipinski definition) is 8. The van der Waals surface area contributed by atoms with Crippen molar-refractivity contribution >= 4 is 46.1 Å². The van der Waals surface area contributed by atoms with E-state index in [-0.39, 0.29) is 11.7 Å². The van der Waals surface area contributed by atoms with E-state index in [1.165, 1.54) is 29.9 Å². The lowest BCUT2D eigenvalue weighted by molar-refractivity contribution is -0.114. The van der Waals surface area contributed by atoms with Crippen LogP contribution < -0.4 is 21.7 Å². The van der Waals surface area contributed by atoms with E-state index >= 15 is 0 Å². The number of nitrogens with zero attached hydrogens (tertiary/aromatic N) is 4. The average molecular weight is 404 g/mol. The molecule has 30 heavy (non-hydrogen) atoms. The summed E-state index contributed by atoms with van der Waals surface area (Å²) in [4.78, 5) is 19.9. The van der Waals surface area contributed by atoms with E-state index in [1.807, 2.05) is 25.1 Å². The molecule has 4 aromatic rings. The van der Waals surface area contributed by atoms with Crippen molar-refractivity contribution in [2.24, 2.45) is 0 Å². The first-order valence-corrected chi connectivity index (χ1v) is 9.10. The molecular weight excluding hydrogens is 384 g/mol. The second-order valence-electron chi connectivity index (χ2n) is 6.72. The van der Waals surface area contributed by atoms with Crippen LogP contribution >= 0.6 is 0 Å². The van der Waals surface area contributed by atoms with Gasteiger partial charge in [0.1, 0.15) is 17.4 Å². The van der Waals surface area contributed by atoms with Gasteiger partial charge in [-0.3, -0.25) is 4.79 Å². The summed E-state index contributed by atoms with van der Waals surface area (Å²) in [6, 6.07) is 10.6. The number of amides is 1. The number of nitrogen functional groups attached to an aromatic ring is 1. The molecule has 6 N–H and O–H groups in total. The molecule has 0 atom stereocenters. The molecule has 10 heteroatoms. The Kier molecular flexibility index (Phi) is 4.80. The Morgan fingerprint density at radius 2 is 1.87 bits per heavy atom. The molecule has 0 radical (unpaired) electrons. The number of fused-ring (bicyclic) bond motifs is 1. The molecule has 0 unspecified atom stereocenters. The van der Waals surface area contributed by atoms with Gasteiger partial charge in [0, 0.05) is 24.4 Å². The fourth-order valence-corrected chi connectivity index (χ4v) is 2.91. The molecule has 10 nitrogen and oxygen atoms in total. The van der Waals surface area contributed by atoms with Crippen LogP contribution in [0, 0.1) is 6.92 Å². The van der Waals surface area contributed by atoms with Crippen LogP contribution in [0.15, 0.2) is 48.8 Å². The molecule has 1 aromatic carbocycles. The number of aromatic nitrogens is 4. The number of aryl methyl sites for hydroxylation is 1. The predicted molar refractivity (Wildman–Crippen MR) is 115 cm³/mol. The number of nitrogens with one attached hydrogen (secondary N) is 3. The van der Waals surface area contributed by atoms with Crippen LogP contribution in [0.25, 0.3) is 5.65 Å². The highest BCUT2D eigenvalue weighted by molar-refractivity contribution is 5.90. The van der Waals surface area contributed by atoms with Crippen LogP contribution in [0.2, 0.25) is 0 Å². The predicted octanol–water partition coefficient (Wildman–Crippen LogP) is 3.17. The third-order valence-corrected chi connectivity index (χ3v) is 4.33. The fraction of sp³-hybridized carbons (Fsp3) is 0.100. The zero-order chi connectivity index (χ0) is 21.3. The van der Waals surface area contributed by atoms with Gasteiger partial charge in [0.15, 0.2) is 11.5 Å². The number of hydrogen-bond donors (Lipinski definition) is 5. The molecule has 3 heterocycles. The minimum Gasteiger partial charge on any atom is -0.506 e. The lowest BCUT2D eigenvalue weighted by Crippen LogP contribution is -2.08. The SMILES string of the molecule is CC(=O)Nc1cc(Nc2cc(Nc3ccc(O)cn3)c3ncc(N)n3n2)ccc1C.